The molecule has 0 aliphatic heterocycles. The van der Waals surface area contributed by atoms with Crippen molar-refractivity contribution in [2.45, 2.75) is 45.2 Å². The van der Waals surface area contributed by atoms with Crippen molar-refractivity contribution < 1.29 is 4.74 Å². The number of rotatable bonds is 8. The van der Waals surface area contributed by atoms with Gasteiger partial charge in [-0.2, -0.15) is 5.26 Å². The van der Waals surface area contributed by atoms with E-state index in [2.05, 4.69) is 65.6 Å². The van der Waals surface area contributed by atoms with Crippen LogP contribution in [0.2, 0.25) is 0 Å². The Hall–Kier alpha value is -3.98. The highest BCUT2D eigenvalue weighted by Crippen LogP contribution is 2.43. The van der Waals surface area contributed by atoms with Crippen molar-refractivity contribution in [2.24, 2.45) is 10.7 Å². The lowest BCUT2D eigenvalue weighted by atomic mass is 9.92. The second kappa shape index (κ2) is 9.66. The third kappa shape index (κ3) is 4.63. The maximum atomic E-state index is 10.1. The second-order valence-electron chi connectivity index (χ2n) is 8.50. The summed E-state index contributed by atoms with van der Waals surface area (Å²) in [6.07, 6.45) is 7.92. The Labute approximate surface area is 194 Å². The summed E-state index contributed by atoms with van der Waals surface area (Å²) < 4.78 is 8.14. The van der Waals surface area contributed by atoms with E-state index >= 15 is 0 Å². The van der Waals surface area contributed by atoms with Gasteiger partial charge in [-0.1, -0.05) is 12.1 Å². The Morgan fingerprint density at radius 2 is 2.03 bits per heavy atom. The highest BCUT2D eigenvalue weighted by Gasteiger charge is 2.28. The molecule has 0 bridgehead atoms. The maximum Gasteiger partial charge on any atom is 0.211 e. The number of nitriles is 1. The van der Waals surface area contributed by atoms with E-state index < -0.39 is 0 Å². The lowest BCUT2D eigenvalue weighted by Gasteiger charge is -2.30. The van der Waals surface area contributed by atoms with Gasteiger partial charge in [-0.25, -0.2) is 4.99 Å². The lowest BCUT2D eigenvalue weighted by Crippen LogP contribution is -2.17. The smallest absolute Gasteiger partial charge is 0.211 e. The number of aliphatic imine (C=N–C) groups is 1. The van der Waals surface area contributed by atoms with Gasteiger partial charge in [0.05, 0.1) is 16.8 Å². The molecule has 1 fully saturated rings. The van der Waals surface area contributed by atoms with E-state index in [9.17, 15) is 5.26 Å². The van der Waals surface area contributed by atoms with E-state index in [1.54, 1.807) is 6.08 Å². The van der Waals surface area contributed by atoms with Crippen molar-refractivity contribution >= 4 is 22.8 Å². The average molecular weight is 440 g/mol. The molecule has 1 aliphatic rings. The molecular weight excluding hydrogens is 410 g/mol. The van der Waals surface area contributed by atoms with Gasteiger partial charge in [0.1, 0.15) is 11.8 Å². The fraction of sp³-hybridized carbons (Fsp3) is 0.259. The van der Waals surface area contributed by atoms with E-state index in [0.717, 1.165) is 40.7 Å². The number of benzene rings is 2. The molecule has 3 N–H and O–H groups in total. The van der Waals surface area contributed by atoms with Gasteiger partial charge in [0.25, 0.3) is 0 Å². The van der Waals surface area contributed by atoms with Gasteiger partial charge < -0.3 is 20.4 Å². The molecule has 168 valence electrons. The van der Waals surface area contributed by atoms with Crippen molar-refractivity contribution in [1.82, 2.24) is 4.57 Å². The number of fused-ring (bicyclic) bond motifs is 1. The number of aromatic nitrogens is 1. The number of nitrogens with zero attached hydrogens (tertiary/aromatic N) is 3. The summed E-state index contributed by atoms with van der Waals surface area (Å²) in [6.45, 7) is 8.07. The Balaban J connectivity index is 1.79. The summed E-state index contributed by atoms with van der Waals surface area (Å²) in [5.74, 6) is 0.898. The normalized spacial score (nSPS) is 14.1. The van der Waals surface area contributed by atoms with E-state index in [4.69, 9.17) is 10.5 Å². The first-order valence-corrected chi connectivity index (χ1v) is 11.2. The zero-order valence-corrected chi connectivity index (χ0v) is 19.1. The van der Waals surface area contributed by atoms with Crippen LogP contribution in [0, 0.1) is 11.3 Å². The van der Waals surface area contributed by atoms with Crippen molar-refractivity contribution in [2.75, 3.05) is 5.32 Å². The number of hydrogen-bond donors (Lipinski definition) is 2. The third-order valence-corrected chi connectivity index (χ3v) is 5.79. The van der Waals surface area contributed by atoms with Crippen molar-refractivity contribution in [3.05, 3.63) is 72.8 Å². The van der Waals surface area contributed by atoms with Crippen molar-refractivity contribution in [1.29, 1.82) is 5.26 Å². The van der Waals surface area contributed by atoms with E-state index in [1.165, 1.54) is 18.8 Å². The van der Waals surface area contributed by atoms with Crippen LogP contribution in [0.5, 0.6) is 5.75 Å². The zero-order chi connectivity index (χ0) is 23.4. The first-order valence-electron chi connectivity index (χ1n) is 11.2. The Morgan fingerprint density at radius 3 is 2.64 bits per heavy atom. The Morgan fingerprint density at radius 1 is 1.27 bits per heavy atom. The first kappa shape index (κ1) is 22.2. The number of allylic oxidation sites excluding steroid dienone is 1. The van der Waals surface area contributed by atoms with Crippen LogP contribution in [0.3, 0.4) is 0 Å². The summed E-state index contributed by atoms with van der Waals surface area (Å²) in [4.78, 5) is 4.12. The van der Waals surface area contributed by atoms with Crippen LogP contribution in [0.4, 0.5) is 5.69 Å². The highest BCUT2D eigenvalue weighted by atomic mass is 16.5. The van der Waals surface area contributed by atoms with Crippen LogP contribution in [-0.4, -0.2) is 16.8 Å². The molecular formula is C27H29N5O. The van der Waals surface area contributed by atoms with E-state index in [0.29, 0.717) is 23.4 Å². The minimum Gasteiger partial charge on any atom is -0.440 e. The molecule has 1 heterocycles. The van der Waals surface area contributed by atoms with Gasteiger partial charge in [0.15, 0.2) is 0 Å². The predicted octanol–water partition coefficient (Wildman–Crippen LogP) is 6.12. The molecule has 0 saturated heterocycles. The molecule has 33 heavy (non-hydrogen) atoms. The summed E-state index contributed by atoms with van der Waals surface area (Å²) >= 11 is 0. The molecule has 0 spiro atoms. The summed E-state index contributed by atoms with van der Waals surface area (Å²) in [6, 6.07) is 17.3. The fourth-order valence-corrected chi connectivity index (χ4v) is 4.17. The van der Waals surface area contributed by atoms with Gasteiger partial charge in [0, 0.05) is 35.4 Å². The SMILES string of the molecule is C=C(N=C/C=C\N)Oc1ccc2c(C#N)c(-c3ccc(NC(C)C)cc3)n(C3CCC3)c2c1. The third-order valence-electron chi connectivity index (χ3n) is 5.79. The molecule has 2 aromatic carbocycles. The predicted molar refractivity (Wildman–Crippen MR) is 135 cm³/mol. The van der Waals surface area contributed by atoms with Crippen LogP contribution < -0.4 is 15.8 Å². The van der Waals surface area contributed by atoms with E-state index in [-0.39, 0.29) is 5.88 Å². The summed E-state index contributed by atoms with van der Waals surface area (Å²) in [7, 11) is 0. The monoisotopic (exact) mass is 439 g/mol. The first-order chi connectivity index (χ1) is 16.0. The second-order valence-corrected chi connectivity index (χ2v) is 8.50. The van der Waals surface area contributed by atoms with Gasteiger partial charge in [-0.05, 0) is 81.8 Å². The van der Waals surface area contributed by atoms with Crippen LogP contribution in [0.25, 0.3) is 22.2 Å². The molecule has 0 radical (unpaired) electrons. The number of nitrogens with two attached hydrogens (primary N) is 1. The van der Waals surface area contributed by atoms with Crippen LogP contribution in [0.1, 0.15) is 44.7 Å². The fourth-order valence-electron chi connectivity index (χ4n) is 4.17. The number of nitrogens with one attached hydrogen (secondary N) is 1. The lowest BCUT2D eigenvalue weighted by molar-refractivity contribution is 0.324. The quantitative estimate of drug-likeness (QED) is 0.327. The molecule has 1 saturated carbocycles. The summed E-state index contributed by atoms with van der Waals surface area (Å²) in [5.41, 5.74) is 10.1. The molecule has 0 amide bonds. The maximum absolute atomic E-state index is 10.1. The standard InChI is InChI=1S/C27H29N5O/c1-18(2)31-21-10-8-20(9-11-21)27-25(17-29)24-13-12-23(33-19(3)30-15-5-14-28)16-26(24)32(27)22-6-4-7-22/h5,8-16,18,22,31H,3-4,6-7,28H2,1-2H3/b14-5-,30-15?. The zero-order valence-electron chi connectivity index (χ0n) is 19.1. The van der Waals surface area contributed by atoms with Crippen LogP contribution in [0.15, 0.2) is 72.2 Å². The number of anilines is 1. The molecule has 0 unspecified atom stereocenters. The van der Waals surface area contributed by atoms with Crippen molar-refractivity contribution in [3.63, 3.8) is 0 Å². The minimum atomic E-state index is 0.267. The molecule has 0 atom stereocenters. The topological polar surface area (TPSA) is 88.4 Å². The van der Waals surface area contributed by atoms with Crippen LogP contribution >= 0.6 is 0 Å². The molecule has 1 aliphatic carbocycles. The Bertz CT molecular complexity index is 1250. The van der Waals surface area contributed by atoms with Gasteiger partial charge in [-0.3, -0.25) is 0 Å². The van der Waals surface area contributed by atoms with Gasteiger partial charge in [-0.15, -0.1) is 0 Å². The molecule has 4 rings (SSSR count). The number of ether oxygens (including phenoxy) is 1. The minimum absolute atomic E-state index is 0.267. The van der Waals surface area contributed by atoms with Crippen LogP contribution in [-0.2, 0) is 0 Å². The summed E-state index contributed by atoms with van der Waals surface area (Å²) in [5, 5.41) is 14.5. The van der Waals surface area contributed by atoms with Crippen molar-refractivity contribution in [3.8, 4) is 23.1 Å². The molecule has 6 nitrogen and oxygen atoms in total. The highest BCUT2D eigenvalue weighted by molar-refractivity contribution is 5.95. The largest absolute Gasteiger partial charge is 0.440 e. The molecule has 6 heteroatoms. The van der Waals surface area contributed by atoms with Gasteiger partial charge >= 0.3 is 0 Å². The van der Waals surface area contributed by atoms with E-state index in [1.807, 2.05) is 18.2 Å². The molecule has 1 aromatic heterocycles. The Kier molecular flexibility index (Phi) is 6.50. The average Bonchev–Trinajstić information content (AvgIpc) is 3.06. The number of hydrogen-bond acceptors (Lipinski definition) is 5. The molecule has 3 aromatic rings. The van der Waals surface area contributed by atoms with Gasteiger partial charge in [0.2, 0.25) is 5.88 Å².